The maximum atomic E-state index is 8.89. The molecule has 2 N–H and O–H groups in total. The van der Waals surface area contributed by atoms with Gasteiger partial charge in [-0.15, -0.1) is 11.3 Å². The Morgan fingerprint density at radius 1 is 1.08 bits per heavy atom. The minimum absolute atomic E-state index is 0.190. The van der Waals surface area contributed by atoms with Crippen LogP contribution in [-0.2, 0) is 12.8 Å². The normalized spacial score (nSPS) is 10.8. The van der Waals surface area contributed by atoms with Gasteiger partial charge in [-0.3, -0.25) is 0 Å². The quantitative estimate of drug-likeness (QED) is 0.772. The number of rotatable bonds is 4. The fraction of sp³-hybridized carbons (Fsp3) is 0.600. The number of aryl methyl sites for hydroxylation is 1. The van der Waals surface area contributed by atoms with Crippen LogP contribution in [0.25, 0.3) is 0 Å². The fourth-order valence-corrected chi connectivity index (χ4v) is 2.70. The van der Waals surface area contributed by atoms with Crippen molar-refractivity contribution in [3.05, 3.63) is 20.9 Å². The van der Waals surface area contributed by atoms with E-state index in [9.17, 15) is 0 Å². The van der Waals surface area contributed by atoms with E-state index in [2.05, 4.69) is 13.8 Å². The number of hydrogen-bond donors (Lipinski definition) is 2. The van der Waals surface area contributed by atoms with Gasteiger partial charge >= 0.3 is 0 Å². The van der Waals surface area contributed by atoms with Crippen LogP contribution in [0.3, 0.4) is 0 Å². The molecule has 1 aromatic rings. The van der Waals surface area contributed by atoms with Crippen LogP contribution in [0.1, 0.15) is 20.9 Å². The van der Waals surface area contributed by atoms with Gasteiger partial charge in [-0.25, -0.2) is 0 Å². The lowest BCUT2D eigenvalue weighted by molar-refractivity contribution is 0.294. The first-order chi connectivity index (χ1) is 6.20. The summed E-state index contributed by atoms with van der Waals surface area (Å²) < 4.78 is 0. The van der Waals surface area contributed by atoms with Crippen molar-refractivity contribution in [3.63, 3.8) is 0 Å². The van der Waals surface area contributed by atoms with E-state index in [4.69, 9.17) is 10.2 Å². The highest BCUT2D eigenvalue weighted by molar-refractivity contribution is 7.12. The summed E-state index contributed by atoms with van der Waals surface area (Å²) in [5, 5.41) is 17.7. The van der Waals surface area contributed by atoms with Crippen molar-refractivity contribution in [2.45, 2.75) is 26.7 Å². The van der Waals surface area contributed by atoms with Crippen LogP contribution in [0.2, 0.25) is 0 Å². The van der Waals surface area contributed by atoms with Crippen LogP contribution in [0.15, 0.2) is 0 Å². The lowest BCUT2D eigenvalue weighted by atomic mass is 10.1. The van der Waals surface area contributed by atoms with Gasteiger partial charge in [0.2, 0.25) is 0 Å². The zero-order valence-electron chi connectivity index (χ0n) is 8.13. The summed E-state index contributed by atoms with van der Waals surface area (Å²) in [4.78, 5) is 2.53. The second kappa shape index (κ2) is 4.74. The molecule has 0 aliphatic heterocycles. The second-order valence-corrected chi connectivity index (χ2v) is 4.44. The maximum absolute atomic E-state index is 8.89. The molecule has 0 aliphatic rings. The lowest BCUT2D eigenvalue weighted by Crippen LogP contribution is -1.97. The van der Waals surface area contributed by atoms with Gasteiger partial charge in [0, 0.05) is 29.4 Å². The molecule has 0 spiro atoms. The molecule has 0 fully saturated rings. The van der Waals surface area contributed by atoms with Crippen LogP contribution in [0.5, 0.6) is 0 Å². The van der Waals surface area contributed by atoms with Crippen LogP contribution in [0, 0.1) is 13.8 Å². The van der Waals surface area contributed by atoms with E-state index in [-0.39, 0.29) is 13.2 Å². The molecular weight excluding hydrogens is 184 g/mol. The Hall–Kier alpha value is -0.380. The second-order valence-electron chi connectivity index (χ2n) is 3.13. The summed E-state index contributed by atoms with van der Waals surface area (Å²) in [6, 6.07) is 0. The number of aliphatic hydroxyl groups excluding tert-OH is 2. The standard InChI is InChI=1S/C10H16O2S/c1-7-8(2)13-10(4-6-12)9(7)3-5-11/h11-12H,3-6H2,1-2H3. The number of aliphatic hydroxyl groups is 2. The molecule has 1 aromatic heterocycles. The summed E-state index contributed by atoms with van der Waals surface area (Å²) >= 11 is 1.73. The SMILES string of the molecule is Cc1sc(CCO)c(CCO)c1C. The van der Waals surface area contributed by atoms with E-state index in [0.29, 0.717) is 12.8 Å². The van der Waals surface area contributed by atoms with Crippen LogP contribution < -0.4 is 0 Å². The Labute approximate surface area is 82.8 Å². The Balaban J connectivity index is 2.96. The molecule has 0 aromatic carbocycles. The average Bonchev–Trinajstić information content (AvgIpc) is 2.34. The van der Waals surface area contributed by atoms with Gasteiger partial charge in [0.05, 0.1) is 0 Å². The minimum Gasteiger partial charge on any atom is -0.396 e. The van der Waals surface area contributed by atoms with Crippen molar-refractivity contribution in [1.82, 2.24) is 0 Å². The molecule has 2 nitrogen and oxygen atoms in total. The van der Waals surface area contributed by atoms with E-state index < -0.39 is 0 Å². The van der Waals surface area contributed by atoms with Crippen molar-refractivity contribution in [1.29, 1.82) is 0 Å². The topological polar surface area (TPSA) is 40.5 Å². The third-order valence-corrected chi connectivity index (χ3v) is 3.60. The van der Waals surface area contributed by atoms with E-state index >= 15 is 0 Å². The summed E-state index contributed by atoms with van der Waals surface area (Å²) in [6.45, 7) is 4.55. The highest BCUT2D eigenvalue weighted by Gasteiger charge is 2.10. The monoisotopic (exact) mass is 200 g/mol. The highest BCUT2D eigenvalue weighted by Crippen LogP contribution is 2.27. The Bertz CT molecular complexity index is 279. The fourth-order valence-electron chi connectivity index (χ4n) is 1.49. The minimum atomic E-state index is 0.190. The third kappa shape index (κ3) is 2.30. The van der Waals surface area contributed by atoms with Gasteiger partial charge in [0.15, 0.2) is 0 Å². The van der Waals surface area contributed by atoms with Crippen LogP contribution in [0.4, 0.5) is 0 Å². The molecule has 74 valence electrons. The Morgan fingerprint density at radius 2 is 1.69 bits per heavy atom. The molecule has 1 heterocycles. The molecule has 1 rings (SSSR count). The number of thiophene rings is 1. The van der Waals surface area contributed by atoms with Crippen molar-refractivity contribution >= 4 is 11.3 Å². The molecule has 0 aliphatic carbocycles. The summed E-state index contributed by atoms with van der Waals surface area (Å²) in [7, 11) is 0. The molecule has 0 saturated heterocycles. The highest BCUT2D eigenvalue weighted by atomic mass is 32.1. The van der Waals surface area contributed by atoms with Gasteiger partial charge in [0.25, 0.3) is 0 Å². The lowest BCUT2D eigenvalue weighted by Gasteiger charge is -2.01. The summed E-state index contributed by atoms with van der Waals surface area (Å²) in [5.41, 5.74) is 2.52. The van der Waals surface area contributed by atoms with E-state index in [1.54, 1.807) is 11.3 Å². The molecule has 0 radical (unpaired) electrons. The van der Waals surface area contributed by atoms with Crippen molar-refractivity contribution in [2.75, 3.05) is 13.2 Å². The molecule has 0 amide bonds. The molecule has 0 unspecified atom stereocenters. The van der Waals surface area contributed by atoms with Gasteiger partial charge in [0.1, 0.15) is 0 Å². The van der Waals surface area contributed by atoms with Gasteiger partial charge in [-0.2, -0.15) is 0 Å². The zero-order chi connectivity index (χ0) is 9.84. The van der Waals surface area contributed by atoms with Crippen molar-refractivity contribution in [3.8, 4) is 0 Å². The van der Waals surface area contributed by atoms with Gasteiger partial charge in [-0.05, 0) is 31.4 Å². The predicted molar refractivity (Wildman–Crippen MR) is 55.4 cm³/mol. The van der Waals surface area contributed by atoms with Crippen molar-refractivity contribution in [2.24, 2.45) is 0 Å². The molecule has 0 atom stereocenters. The first-order valence-electron chi connectivity index (χ1n) is 4.50. The van der Waals surface area contributed by atoms with Crippen molar-refractivity contribution < 1.29 is 10.2 Å². The molecule has 0 saturated carbocycles. The largest absolute Gasteiger partial charge is 0.396 e. The Kier molecular flexibility index (Phi) is 3.90. The Morgan fingerprint density at radius 3 is 2.23 bits per heavy atom. The number of hydrogen-bond acceptors (Lipinski definition) is 3. The molecule has 0 bridgehead atoms. The zero-order valence-corrected chi connectivity index (χ0v) is 8.95. The molecule has 3 heteroatoms. The summed E-state index contributed by atoms with van der Waals surface area (Å²) in [6.07, 6.45) is 1.43. The maximum Gasteiger partial charge on any atom is 0.0479 e. The summed E-state index contributed by atoms with van der Waals surface area (Å²) in [5.74, 6) is 0. The first-order valence-corrected chi connectivity index (χ1v) is 5.31. The predicted octanol–water partition coefficient (Wildman–Crippen LogP) is 1.43. The molecular formula is C10H16O2S. The average molecular weight is 200 g/mol. The first kappa shape index (κ1) is 10.7. The van der Waals surface area contributed by atoms with Gasteiger partial charge < -0.3 is 10.2 Å². The third-order valence-electron chi connectivity index (χ3n) is 2.29. The van der Waals surface area contributed by atoms with E-state index in [0.717, 1.165) is 0 Å². The smallest absolute Gasteiger partial charge is 0.0479 e. The van der Waals surface area contributed by atoms with E-state index in [1.807, 2.05) is 0 Å². The van der Waals surface area contributed by atoms with Crippen LogP contribution in [-0.4, -0.2) is 23.4 Å². The van der Waals surface area contributed by atoms with Crippen LogP contribution >= 0.6 is 11.3 Å². The molecule has 13 heavy (non-hydrogen) atoms. The van der Waals surface area contributed by atoms with E-state index in [1.165, 1.54) is 20.9 Å². The van der Waals surface area contributed by atoms with Gasteiger partial charge in [-0.1, -0.05) is 0 Å².